The third-order valence-electron chi connectivity index (χ3n) is 2.58. The third-order valence-corrected chi connectivity index (χ3v) is 2.58. The topological polar surface area (TPSA) is 90.2 Å². The zero-order valence-corrected chi connectivity index (χ0v) is 10.6. The quantitative estimate of drug-likeness (QED) is 0.443. The van der Waals surface area contributed by atoms with Crippen LogP contribution in [0.1, 0.15) is 13.8 Å². The molecule has 0 aliphatic carbocycles. The Morgan fingerprint density at radius 3 is 2.00 bits per heavy atom. The van der Waals surface area contributed by atoms with Crippen molar-refractivity contribution in [2.45, 2.75) is 13.8 Å². The summed E-state index contributed by atoms with van der Waals surface area (Å²) in [6, 6.07) is 6.13. The lowest BCUT2D eigenvalue weighted by molar-refractivity contribution is 0.0886. The van der Waals surface area contributed by atoms with Gasteiger partial charge in [0.2, 0.25) is 0 Å². The summed E-state index contributed by atoms with van der Waals surface area (Å²) in [5.74, 6) is 0. The van der Waals surface area contributed by atoms with Gasteiger partial charge in [-0.1, -0.05) is 38.1 Å². The Morgan fingerprint density at radius 2 is 1.56 bits per heavy atom. The Bertz CT molecular complexity index is 366. The Labute approximate surface area is 107 Å². The number of hydrogen-bond donors (Lipinski definition) is 4. The molecule has 0 aliphatic rings. The molecule has 0 heterocycles. The average Bonchev–Trinajstić information content (AvgIpc) is 2.36. The van der Waals surface area contributed by atoms with E-state index in [2.05, 4.69) is 0 Å². The van der Waals surface area contributed by atoms with E-state index in [1.807, 2.05) is 13.8 Å². The molecule has 0 radical (unpaired) electrons. The molecule has 1 aromatic carbocycles. The summed E-state index contributed by atoms with van der Waals surface area (Å²) in [7, 11) is -2.62. The van der Waals surface area contributed by atoms with Crippen molar-refractivity contribution in [2.75, 3.05) is 13.2 Å². The second-order valence-electron chi connectivity index (χ2n) is 5.03. The van der Waals surface area contributed by atoms with Gasteiger partial charge in [-0.25, -0.2) is 0 Å². The lowest BCUT2D eigenvalue weighted by atomic mass is 9.74. The van der Waals surface area contributed by atoms with Crippen LogP contribution in [-0.4, -0.2) is 47.6 Å². The molecule has 4 N–H and O–H groups in total. The molecule has 0 saturated carbocycles. The summed E-state index contributed by atoms with van der Waals surface area (Å²) in [5.41, 5.74) is 0.456. The zero-order valence-electron chi connectivity index (χ0n) is 10.6. The Hall–Kier alpha value is -0.850. The van der Waals surface area contributed by atoms with E-state index in [-0.39, 0.29) is 13.2 Å². The van der Waals surface area contributed by atoms with Gasteiger partial charge in [0.05, 0.1) is 6.61 Å². The molecule has 98 valence electrons. The van der Waals surface area contributed by atoms with Crippen molar-refractivity contribution in [3.63, 3.8) is 0 Å². The van der Waals surface area contributed by atoms with E-state index in [0.717, 1.165) is 0 Å². The van der Waals surface area contributed by atoms with Crippen LogP contribution in [0.4, 0.5) is 0 Å². The van der Waals surface area contributed by atoms with Crippen LogP contribution in [0.25, 0.3) is 0 Å². The smallest absolute Gasteiger partial charge is 0.423 e. The summed E-state index contributed by atoms with van der Waals surface area (Å²) >= 11 is 0. The predicted molar refractivity (Wildman–Crippen MR) is 70.7 cm³/mol. The molecule has 0 saturated heterocycles. The maximum Gasteiger partial charge on any atom is 0.491 e. The highest BCUT2D eigenvalue weighted by molar-refractivity contribution is 6.61. The van der Waals surface area contributed by atoms with E-state index in [4.69, 9.17) is 19.8 Å². The van der Waals surface area contributed by atoms with Gasteiger partial charge >= 0.3 is 14.2 Å². The maximum atomic E-state index is 9.78. The number of hydrogen-bond acceptors (Lipinski definition) is 5. The van der Waals surface area contributed by atoms with Gasteiger partial charge in [-0.3, -0.25) is 0 Å². The molecule has 0 aromatic heterocycles. The average molecular weight is 252 g/mol. The summed E-state index contributed by atoms with van der Waals surface area (Å²) in [6.45, 7) is 3.83. The predicted octanol–water partition coefficient (Wildman–Crippen LogP) is -1.91. The van der Waals surface area contributed by atoms with Crippen molar-refractivity contribution < 1.29 is 24.8 Å². The lowest BCUT2D eigenvalue weighted by Crippen LogP contribution is -2.39. The summed E-state index contributed by atoms with van der Waals surface area (Å²) in [4.78, 5) is 0. The van der Waals surface area contributed by atoms with Gasteiger partial charge in [0.25, 0.3) is 0 Å². The molecule has 5 nitrogen and oxygen atoms in total. The highest BCUT2D eigenvalue weighted by atomic mass is 16.5. The molecule has 0 aliphatic heterocycles. The number of benzene rings is 1. The monoisotopic (exact) mass is 252 g/mol. The van der Waals surface area contributed by atoms with E-state index in [9.17, 15) is 5.02 Å². The second-order valence-corrected chi connectivity index (χ2v) is 5.03. The maximum absolute atomic E-state index is 9.78. The summed E-state index contributed by atoms with van der Waals surface area (Å²) in [5, 5.41) is 36.7. The fraction of sp³-hybridized carbons (Fsp3) is 0.455. The van der Waals surface area contributed by atoms with Crippen LogP contribution in [0, 0.1) is 5.41 Å². The van der Waals surface area contributed by atoms with Crippen molar-refractivity contribution >= 4 is 25.2 Å². The summed E-state index contributed by atoms with van der Waals surface area (Å²) in [6.07, 6.45) is 0. The van der Waals surface area contributed by atoms with Gasteiger partial charge in [0, 0.05) is 12.0 Å². The molecule has 0 atom stereocenters. The number of aliphatic hydroxyl groups is 1. The molecule has 0 fully saturated rings. The van der Waals surface area contributed by atoms with Crippen molar-refractivity contribution in [1.82, 2.24) is 0 Å². The first-order valence-electron chi connectivity index (χ1n) is 5.72. The van der Waals surface area contributed by atoms with E-state index in [0.29, 0.717) is 10.9 Å². The van der Waals surface area contributed by atoms with Crippen LogP contribution in [0.15, 0.2) is 24.3 Å². The molecule has 0 amide bonds. The first kappa shape index (κ1) is 15.2. The normalized spacial score (nSPS) is 11.4. The minimum absolute atomic E-state index is 0.0324. The number of aliphatic hydroxyl groups excluding tert-OH is 1. The van der Waals surface area contributed by atoms with Gasteiger partial charge < -0.3 is 24.8 Å². The first-order valence-corrected chi connectivity index (χ1v) is 5.72. The Kier molecular flexibility index (Phi) is 5.37. The van der Waals surface area contributed by atoms with Crippen LogP contribution in [0.3, 0.4) is 0 Å². The van der Waals surface area contributed by atoms with E-state index in [1.165, 1.54) is 12.1 Å². The number of rotatable bonds is 6. The van der Waals surface area contributed by atoms with Crippen LogP contribution < -0.4 is 10.9 Å². The summed E-state index contributed by atoms with van der Waals surface area (Å²) < 4.78 is 5.25. The molecule has 1 rings (SSSR count). The Morgan fingerprint density at radius 1 is 1.06 bits per heavy atom. The molecule has 7 heteroatoms. The molecule has 0 unspecified atom stereocenters. The van der Waals surface area contributed by atoms with Crippen molar-refractivity contribution in [3.05, 3.63) is 24.3 Å². The van der Waals surface area contributed by atoms with E-state index < -0.39 is 19.7 Å². The third kappa shape index (κ3) is 4.44. The fourth-order valence-corrected chi connectivity index (χ4v) is 1.28. The highest BCUT2D eigenvalue weighted by Crippen LogP contribution is 2.13. The highest BCUT2D eigenvalue weighted by Gasteiger charge is 2.23. The molecular formula is C11H18B2O5. The lowest BCUT2D eigenvalue weighted by Gasteiger charge is -2.22. The second kappa shape index (κ2) is 6.36. The van der Waals surface area contributed by atoms with Gasteiger partial charge in [0.15, 0.2) is 0 Å². The molecule has 0 bridgehead atoms. The van der Waals surface area contributed by atoms with Crippen LogP contribution >= 0.6 is 0 Å². The van der Waals surface area contributed by atoms with Gasteiger partial charge in [-0.15, -0.1) is 0 Å². The molecule has 1 aromatic rings. The van der Waals surface area contributed by atoms with Crippen molar-refractivity contribution in [2.24, 2.45) is 5.41 Å². The van der Waals surface area contributed by atoms with E-state index >= 15 is 0 Å². The van der Waals surface area contributed by atoms with Crippen molar-refractivity contribution in [1.29, 1.82) is 0 Å². The SMILES string of the molecule is CC(C)(CO)COB(O)c1ccc(B(O)O)cc1. The van der Waals surface area contributed by atoms with Gasteiger partial charge in [0.1, 0.15) is 0 Å². The standard InChI is InChI=1S/C11H18B2O5/c1-11(2,7-14)8-18-13(17)10-5-3-9(4-6-10)12(15)16/h3-6,14-17H,7-8H2,1-2H3. The van der Waals surface area contributed by atoms with Crippen LogP contribution in [0.5, 0.6) is 0 Å². The molecule has 0 spiro atoms. The molecule has 18 heavy (non-hydrogen) atoms. The molecular weight excluding hydrogens is 234 g/mol. The minimum atomic E-state index is -1.52. The minimum Gasteiger partial charge on any atom is -0.423 e. The fourth-order valence-electron chi connectivity index (χ4n) is 1.28. The largest absolute Gasteiger partial charge is 0.491 e. The van der Waals surface area contributed by atoms with Gasteiger partial charge in [-0.05, 0) is 10.9 Å². The first-order chi connectivity index (χ1) is 8.35. The Balaban J connectivity index is 2.59. The van der Waals surface area contributed by atoms with Crippen LogP contribution in [0.2, 0.25) is 0 Å². The van der Waals surface area contributed by atoms with Crippen LogP contribution in [-0.2, 0) is 4.65 Å². The van der Waals surface area contributed by atoms with Crippen molar-refractivity contribution in [3.8, 4) is 0 Å². The van der Waals surface area contributed by atoms with Gasteiger partial charge in [-0.2, -0.15) is 0 Å². The van der Waals surface area contributed by atoms with E-state index in [1.54, 1.807) is 12.1 Å². The zero-order chi connectivity index (χ0) is 13.8.